The van der Waals surface area contributed by atoms with E-state index in [0.717, 1.165) is 6.07 Å². The van der Waals surface area contributed by atoms with Crippen molar-refractivity contribution in [3.63, 3.8) is 0 Å². The Kier molecular flexibility index (Phi) is 4.52. The molecule has 0 spiro atoms. The van der Waals surface area contributed by atoms with Gasteiger partial charge in [0.25, 0.3) is 0 Å². The van der Waals surface area contributed by atoms with E-state index in [1.807, 2.05) is 0 Å². The molecular weight excluding hydrogens is 246 g/mol. The van der Waals surface area contributed by atoms with Gasteiger partial charge in [0.05, 0.1) is 22.6 Å². The molecule has 0 heterocycles. The average Bonchev–Trinajstić information content (AvgIpc) is 2.34. The van der Waals surface area contributed by atoms with E-state index in [1.54, 1.807) is 0 Å². The summed E-state index contributed by atoms with van der Waals surface area (Å²) < 4.78 is 0. The number of nitro groups is 2. The molecule has 1 unspecified atom stereocenters. The van der Waals surface area contributed by atoms with Crippen LogP contribution in [0.5, 0.6) is 0 Å². The van der Waals surface area contributed by atoms with Crippen LogP contribution in [0.2, 0.25) is 0 Å². The normalized spacial score (nSPS) is 11.9. The van der Waals surface area contributed by atoms with Crippen LogP contribution >= 0.6 is 0 Å². The van der Waals surface area contributed by atoms with Crippen molar-refractivity contribution in [1.29, 1.82) is 0 Å². The lowest BCUT2D eigenvalue weighted by atomic mass is 10.2. The molecule has 9 nitrogen and oxygen atoms in total. The second-order valence-electron chi connectivity index (χ2n) is 3.40. The van der Waals surface area contributed by atoms with Crippen molar-refractivity contribution in [1.82, 2.24) is 0 Å². The number of anilines is 1. The predicted molar refractivity (Wildman–Crippen MR) is 61.3 cm³/mol. The Balaban J connectivity index is 3.07. The van der Waals surface area contributed by atoms with E-state index in [-0.39, 0.29) is 12.2 Å². The van der Waals surface area contributed by atoms with Crippen molar-refractivity contribution < 1.29 is 20.1 Å². The third-order valence-electron chi connectivity index (χ3n) is 2.13. The Bertz CT molecular complexity index is 464. The number of aliphatic hydroxyl groups is 2. The largest absolute Gasteiger partial charge is 0.394 e. The van der Waals surface area contributed by atoms with Crippen LogP contribution in [0.3, 0.4) is 0 Å². The Morgan fingerprint density at radius 1 is 1.28 bits per heavy atom. The first-order chi connectivity index (χ1) is 8.47. The summed E-state index contributed by atoms with van der Waals surface area (Å²) in [6.07, 6.45) is -1.11. The first kappa shape index (κ1) is 13.8. The summed E-state index contributed by atoms with van der Waals surface area (Å²) in [7, 11) is 0. The summed E-state index contributed by atoms with van der Waals surface area (Å²) in [4.78, 5) is 19.7. The summed E-state index contributed by atoms with van der Waals surface area (Å²) in [5.74, 6) is 0. The number of hydrogen-bond donors (Lipinski definition) is 3. The molecule has 0 aliphatic rings. The maximum absolute atomic E-state index is 10.8. The number of rotatable bonds is 6. The Morgan fingerprint density at radius 2 is 1.94 bits per heavy atom. The molecule has 0 saturated heterocycles. The zero-order valence-electron chi connectivity index (χ0n) is 9.15. The number of para-hydroxylation sites is 1. The van der Waals surface area contributed by atoms with Gasteiger partial charge in [-0.05, 0) is 6.07 Å². The summed E-state index contributed by atoms with van der Waals surface area (Å²) >= 11 is 0. The highest BCUT2D eigenvalue weighted by atomic mass is 16.6. The SMILES string of the molecule is O=[N+]([O-])c1cccc(NCC(O)CO)c1[N+](=O)[O-]. The molecule has 9 heteroatoms. The first-order valence-corrected chi connectivity index (χ1v) is 4.92. The highest BCUT2D eigenvalue weighted by molar-refractivity contribution is 5.71. The molecule has 1 aromatic carbocycles. The van der Waals surface area contributed by atoms with E-state index in [0.29, 0.717) is 0 Å². The standard InChI is InChI=1S/C9H11N3O6/c13-5-6(14)4-10-7-2-1-3-8(11(15)16)9(7)12(17)18/h1-3,6,10,13-14H,4-5H2. The summed E-state index contributed by atoms with van der Waals surface area (Å²) in [5.41, 5.74) is -1.39. The van der Waals surface area contributed by atoms with Crippen LogP contribution in [0.15, 0.2) is 18.2 Å². The number of aliphatic hydroxyl groups excluding tert-OH is 2. The van der Waals surface area contributed by atoms with Gasteiger partial charge >= 0.3 is 11.4 Å². The third kappa shape index (κ3) is 3.12. The lowest BCUT2D eigenvalue weighted by Gasteiger charge is -2.10. The molecule has 1 aromatic rings. The summed E-state index contributed by atoms with van der Waals surface area (Å²) in [6, 6.07) is 3.60. The molecule has 98 valence electrons. The molecule has 0 aliphatic carbocycles. The average molecular weight is 257 g/mol. The number of benzene rings is 1. The van der Waals surface area contributed by atoms with Gasteiger partial charge in [0.1, 0.15) is 5.69 Å². The van der Waals surface area contributed by atoms with Gasteiger partial charge in [-0.2, -0.15) is 0 Å². The van der Waals surface area contributed by atoms with Gasteiger partial charge in [-0.25, -0.2) is 0 Å². The predicted octanol–water partition coefficient (Wildman–Crippen LogP) is 0.268. The second-order valence-corrected chi connectivity index (χ2v) is 3.40. The molecule has 3 N–H and O–H groups in total. The Labute approximate surface area is 101 Å². The van der Waals surface area contributed by atoms with E-state index < -0.39 is 33.9 Å². The minimum Gasteiger partial charge on any atom is -0.394 e. The monoisotopic (exact) mass is 257 g/mol. The van der Waals surface area contributed by atoms with Crippen LogP contribution in [0, 0.1) is 20.2 Å². The smallest absolute Gasteiger partial charge is 0.368 e. The van der Waals surface area contributed by atoms with Crippen LogP contribution in [-0.4, -0.2) is 39.3 Å². The van der Waals surface area contributed by atoms with E-state index >= 15 is 0 Å². The lowest BCUT2D eigenvalue weighted by Crippen LogP contribution is -2.23. The van der Waals surface area contributed by atoms with E-state index in [9.17, 15) is 20.2 Å². The minimum absolute atomic E-state index is 0.0818. The third-order valence-corrected chi connectivity index (χ3v) is 2.13. The summed E-state index contributed by atoms with van der Waals surface area (Å²) in [5, 5.41) is 41.7. The molecule has 0 aliphatic heterocycles. The van der Waals surface area contributed by atoms with Gasteiger partial charge in [-0.1, -0.05) is 6.07 Å². The maximum atomic E-state index is 10.8. The van der Waals surface area contributed by atoms with E-state index in [4.69, 9.17) is 10.2 Å². The van der Waals surface area contributed by atoms with Gasteiger partial charge in [0, 0.05) is 12.6 Å². The zero-order valence-corrected chi connectivity index (χ0v) is 9.15. The first-order valence-electron chi connectivity index (χ1n) is 4.92. The number of hydrogen-bond acceptors (Lipinski definition) is 7. The van der Waals surface area contributed by atoms with Gasteiger partial charge < -0.3 is 15.5 Å². The molecule has 0 bridgehead atoms. The van der Waals surface area contributed by atoms with Gasteiger partial charge in [-0.15, -0.1) is 0 Å². The van der Waals surface area contributed by atoms with Crippen LogP contribution in [-0.2, 0) is 0 Å². The zero-order chi connectivity index (χ0) is 13.7. The van der Waals surface area contributed by atoms with Crippen LogP contribution < -0.4 is 5.32 Å². The van der Waals surface area contributed by atoms with Crippen molar-refractivity contribution in [2.75, 3.05) is 18.5 Å². The van der Waals surface area contributed by atoms with Gasteiger partial charge in [-0.3, -0.25) is 20.2 Å². The molecule has 0 saturated carbocycles. The van der Waals surface area contributed by atoms with E-state index in [2.05, 4.69) is 5.32 Å². The van der Waals surface area contributed by atoms with Crippen molar-refractivity contribution in [3.05, 3.63) is 38.4 Å². The quantitative estimate of drug-likeness (QED) is 0.490. The topological polar surface area (TPSA) is 139 Å². The molecule has 1 rings (SSSR count). The lowest BCUT2D eigenvalue weighted by molar-refractivity contribution is -0.421. The van der Waals surface area contributed by atoms with Crippen LogP contribution in [0.25, 0.3) is 0 Å². The molecule has 0 aromatic heterocycles. The minimum atomic E-state index is -1.11. The molecule has 0 fully saturated rings. The van der Waals surface area contributed by atoms with Crippen LogP contribution in [0.4, 0.5) is 17.1 Å². The molecule has 18 heavy (non-hydrogen) atoms. The van der Waals surface area contributed by atoms with Crippen molar-refractivity contribution in [3.8, 4) is 0 Å². The fourth-order valence-electron chi connectivity index (χ4n) is 1.31. The van der Waals surface area contributed by atoms with Gasteiger partial charge in [0.15, 0.2) is 0 Å². The highest BCUT2D eigenvalue weighted by Gasteiger charge is 2.28. The number of nitrogens with zero attached hydrogens (tertiary/aromatic N) is 2. The van der Waals surface area contributed by atoms with Crippen molar-refractivity contribution >= 4 is 17.1 Å². The van der Waals surface area contributed by atoms with Crippen molar-refractivity contribution in [2.45, 2.75) is 6.10 Å². The molecule has 0 amide bonds. The van der Waals surface area contributed by atoms with Gasteiger partial charge in [0.2, 0.25) is 0 Å². The Morgan fingerprint density at radius 3 is 2.44 bits per heavy atom. The molecular formula is C9H11N3O6. The second kappa shape index (κ2) is 5.89. The molecule has 1 atom stereocenters. The Hall–Kier alpha value is -2.26. The number of nitrogens with one attached hydrogen (secondary N) is 1. The highest BCUT2D eigenvalue weighted by Crippen LogP contribution is 2.34. The van der Waals surface area contributed by atoms with Crippen molar-refractivity contribution in [2.24, 2.45) is 0 Å². The molecule has 0 radical (unpaired) electrons. The van der Waals surface area contributed by atoms with E-state index in [1.165, 1.54) is 12.1 Å². The van der Waals surface area contributed by atoms with Crippen LogP contribution in [0.1, 0.15) is 0 Å². The maximum Gasteiger partial charge on any atom is 0.368 e. The number of nitro benzene ring substituents is 2. The fourth-order valence-corrected chi connectivity index (χ4v) is 1.31. The fraction of sp³-hybridized carbons (Fsp3) is 0.333. The summed E-state index contributed by atoms with van der Waals surface area (Å²) in [6.45, 7) is -0.672.